The largest absolute Gasteiger partial charge is 0.380 e. The van der Waals surface area contributed by atoms with Crippen LogP contribution in [0.25, 0.3) is 0 Å². The molecule has 0 aliphatic carbocycles. The Morgan fingerprint density at radius 2 is 1.48 bits per heavy atom. The van der Waals surface area contributed by atoms with Gasteiger partial charge in [-0.25, -0.2) is 0 Å². The van der Waals surface area contributed by atoms with Crippen molar-refractivity contribution >= 4 is 5.69 Å². The molecule has 1 atom stereocenters. The van der Waals surface area contributed by atoms with Crippen molar-refractivity contribution < 1.29 is 9.47 Å². The van der Waals surface area contributed by atoms with Gasteiger partial charge in [0.25, 0.3) is 0 Å². The van der Waals surface area contributed by atoms with E-state index in [1.807, 2.05) is 13.8 Å². The molecule has 0 saturated carbocycles. The van der Waals surface area contributed by atoms with Crippen molar-refractivity contribution in [2.24, 2.45) is 5.73 Å². The van der Waals surface area contributed by atoms with Crippen molar-refractivity contribution in [2.45, 2.75) is 33.2 Å². The molecule has 2 N–H and O–H groups in total. The fourth-order valence-corrected chi connectivity index (χ4v) is 2.18. The van der Waals surface area contributed by atoms with E-state index >= 15 is 0 Å². The Bertz CT molecular complexity index is 358. The zero-order valence-electron chi connectivity index (χ0n) is 13.7. The molecule has 0 heterocycles. The molecule has 1 rings (SSSR count). The molecule has 0 radical (unpaired) electrons. The highest BCUT2D eigenvalue weighted by Crippen LogP contribution is 2.19. The minimum atomic E-state index is 0.124. The lowest BCUT2D eigenvalue weighted by atomic mass is 10.1. The van der Waals surface area contributed by atoms with E-state index in [-0.39, 0.29) is 6.04 Å². The lowest BCUT2D eigenvalue weighted by Gasteiger charge is -2.25. The minimum Gasteiger partial charge on any atom is -0.380 e. The van der Waals surface area contributed by atoms with Crippen molar-refractivity contribution in [1.82, 2.24) is 0 Å². The SMILES string of the molecule is CCOCCN(CCOCC)c1ccc(C(N)CC)cc1. The van der Waals surface area contributed by atoms with E-state index in [9.17, 15) is 0 Å². The summed E-state index contributed by atoms with van der Waals surface area (Å²) in [5.41, 5.74) is 8.45. The van der Waals surface area contributed by atoms with Gasteiger partial charge < -0.3 is 20.1 Å². The molecule has 1 aromatic rings. The molecule has 0 spiro atoms. The van der Waals surface area contributed by atoms with Crippen LogP contribution in [0.3, 0.4) is 0 Å². The third-order valence-corrected chi connectivity index (χ3v) is 3.55. The lowest BCUT2D eigenvalue weighted by molar-refractivity contribution is 0.141. The number of ether oxygens (including phenoxy) is 2. The minimum absolute atomic E-state index is 0.124. The molecular formula is C17H30N2O2. The van der Waals surface area contributed by atoms with Crippen molar-refractivity contribution in [3.63, 3.8) is 0 Å². The van der Waals surface area contributed by atoms with Gasteiger partial charge in [0.05, 0.1) is 13.2 Å². The number of hydrogen-bond acceptors (Lipinski definition) is 4. The molecule has 4 nitrogen and oxygen atoms in total. The molecule has 21 heavy (non-hydrogen) atoms. The fraction of sp³-hybridized carbons (Fsp3) is 0.647. The maximum Gasteiger partial charge on any atom is 0.0641 e. The van der Waals surface area contributed by atoms with Gasteiger partial charge in [0.2, 0.25) is 0 Å². The van der Waals surface area contributed by atoms with E-state index in [0.717, 1.165) is 45.9 Å². The maximum atomic E-state index is 6.06. The Morgan fingerprint density at radius 1 is 0.952 bits per heavy atom. The fourth-order valence-electron chi connectivity index (χ4n) is 2.18. The van der Waals surface area contributed by atoms with Gasteiger partial charge in [0, 0.05) is 38.0 Å². The predicted octanol–water partition coefficient (Wildman–Crippen LogP) is 2.98. The van der Waals surface area contributed by atoms with Crippen LogP contribution in [0.15, 0.2) is 24.3 Å². The quantitative estimate of drug-likeness (QED) is 0.637. The van der Waals surface area contributed by atoms with Crippen LogP contribution < -0.4 is 10.6 Å². The van der Waals surface area contributed by atoms with Gasteiger partial charge in [-0.05, 0) is 38.0 Å². The third kappa shape index (κ3) is 6.46. The summed E-state index contributed by atoms with van der Waals surface area (Å²) in [5.74, 6) is 0. The van der Waals surface area contributed by atoms with E-state index in [0.29, 0.717) is 0 Å². The van der Waals surface area contributed by atoms with Crippen LogP contribution in [-0.2, 0) is 9.47 Å². The van der Waals surface area contributed by atoms with Crippen molar-refractivity contribution in [2.75, 3.05) is 44.4 Å². The van der Waals surface area contributed by atoms with Gasteiger partial charge >= 0.3 is 0 Å². The number of rotatable bonds is 11. The zero-order chi connectivity index (χ0) is 15.5. The average Bonchev–Trinajstić information content (AvgIpc) is 2.53. The van der Waals surface area contributed by atoms with Gasteiger partial charge in [-0.3, -0.25) is 0 Å². The van der Waals surface area contributed by atoms with Crippen LogP contribution in [-0.4, -0.2) is 39.5 Å². The second-order valence-electron chi connectivity index (χ2n) is 4.99. The molecule has 1 aromatic carbocycles. The molecule has 1 unspecified atom stereocenters. The molecule has 4 heteroatoms. The summed E-state index contributed by atoms with van der Waals surface area (Å²) in [6.07, 6.45) is 0.956. The molecule has 0 amide bonds. The van der Waals surface area contributed by atoms with Crippen LogP contribution in [0, 0.1) is 0 Å². The van der Waals surface area contributed by atoms with E-state index in [1.165, 1.54) is 11.3 Å². The first-order valence-electron chi connectivity index (χ1n) is 7.98. The number of benzene rings is 1. The van der Waals surface area contributed by atoms with Gasteiger partial charge in [0.1, 0.15) is 0 Å². The number of hydrogen-bond donors (Lipinski definition) is 1. The Hall–Kier alpha value is -1.10. The number of anilines is 1. The summed E-state index contributed by atoms with van der Waals surface area (Å²) in [6, 6.07) is 8.65. The maximum absolute atomic E-state index is 6.06. The third-order valence-electron chi connectivity index (χ3n) is 3.55. The Labute approximate surface area is 129 Å². The van der Waals surface area contributed by atoms with Crippen LogP contribution >= 0.6 is 0 Å². The molecule has 0 aliphatic rings. The number of nitrogens with two attached hydrogens (primary N) is 1. The van der Waals surface area contributed by atoms with Crippen LogP contribution in [0.4, 0.5) is 5.69 Å². The highest BCUT2D eigenvalue weighted by atomic mass is 16.5. The van der Waals surface area contributed by atoms with E-state index in [4.69, 9.17) is 15.2 Å². The van der Waals surface area contributed by atoms with Gasteiger partial charge in [-0.1, -0.05) is 19.1 Å². The first kappa shape index (κ1) is 18.0. The summed E-state index contributed by atoms with van der Waals surface area (Å²) in [5, 5.41) is 0. The average molecular weight is 294 g/mol. The molecular weight excluding hydrogens is 264 g/mol. The topological polar surface area (TPSA) is 47.7 Å². The summed E-state index contributed by atoms with van der Waals surface area (Å²) in [4.78, 5) is 2.30. The van der Waals surface area contributed by atoms with Crippen molar-refractivity contribution in [3.8, 4) is 0 Å². The van der Waals surface area contributed by atoms with Crippen LogP contribution in [0.5, 0.6) is 0 Å². The number of nitrogens with zero attached hydrogens (tertiary/aromatic N) is 1. The standard InChI is InChI=1S/C17H30N2O2/c1-4-17(18)15-7-9-16(10-8-15)19(11-13-20-5-2)12-14-21-6-3/h7-10,17H,4-6,11-14,18H2,1-3H3. The highest BCUT2D eigenvalue weighted by molar-refractivity contribution is 5.48. The zero-order valence-corrected chi connectivity index (χ0v) is 13.7. The molecule has 0 aliphatic heterocycles. The molecule has 0 saturated heterocycles. The molecule has 0 aromatic heterocycles. The molecule has 120 valence electrons. The summed E-state index contributed by atoms with van der Waals surface area (Å²) < 4.78 is 10.9. The second kappa shape index (κ2) is 10.6. The Morgan fingerprint density at radius 3 is 1.90 bits per heavy atom. The Kier molecular flexibility index (Phi) is 9.06. The summed E-state index contributed by atoms with van der Waals surface area (Å²) >= 11 is 0. The van der Waals surface area contributed by atoms with Gasteiger partial charge in [0.15, 0.2) is 0 Å². The second-order valence-corrected chi connectivity index (χ2v) is 4.99. The van der Waals surface area contributed by atoms with E-state index in [2.05, 4.69) is 36.1 Å². The first-order valence-corrected chi connectivity index (χ1v) is 7.98. The van der Waals surface area contributed by atoms with Gasteiger partial charge in [-0.15, -0.1) is 0 Å². The predicted molar refractivity (Wildman–Crippen MR) is 88.9 cm³/mol. The normalized spacial score (nSPS) is 12.4. The van der Waals surface area contributed by atoms with Crippen LogP contribution in [0.2, 0.25) is 0 Å². The monoisotopic (exact) mass is 294 g/mol. The highest BCUT2D eigenvalue weighted by Gasteiger charge is 2.08. The smallest absolute Gasteiger partial charge is 0.0641 e. The molecule has 0 bridgehead atoms. The van der Waals surface area contributed by atoms with Crippen LogP contribution in [0.1, 0.15) is 38.8 Å². The van der Waals surface area contributed by atoms with E-state index < -0.39 is 0 Å². The molecule has 0 fully saturated rings. The summed E-state index contributed by atoms with van der Waals surface area (Å²) in [7, 11) is 0. The summed E-state index contributed by atoms with van der Waals surface area (Å²) in [6.45, 7) is 10.9. The van der Waals surface area contributed by atoms with Gasteiger partial charge in [-0.2, -0.15) is 0 Å². The van der Waals surface area contributed by atoms with E-state index in [1.54, 1.807) is 0 Å². The Balaban J connectivity index is 2.66. The first-order chi connectivity index (χ1) is 10.2. The van der Waals surface area contributed by atoms with Crippen molar-refractivity contribution in [3.05, 3.63) is 29.8 Å². The van der Waals surface area contributed by atoms with Crippen molar-refractivity contribution in [1.29, 1.82) is 0 Å². The lowest BCUT2D eigenvalue weighted by Crippen LogP contribution is -2.31.